The third-order valence-corrected chi connectivity index (χ3v) is 3.41. The number of benzene rings is 1. The molecule has 0 spiro atoms. The van der Waals surface area contributed by atoms with Gasteiger partial charge in [-0.25, -0.2) is 0 Å². The van der Waals surface area contributed by atoms with Crippen LogP contribution in [0.4, 0.5) is 0 Å². The van der Waals surface area contributed by atoms with Gasteiger partial charge in [-0.05, 0) is 24.7 Å². The van der Waals surface area contributed by atoms with Gasteiger partial charge in [0.2, 0.25) is 0 Å². The molecular formula is C19H30O. The first-order valence-corrected chi connectivity index (χ1v) is 7.47. The van der Waals surface area contributed by atoms with E-state index in [1.807, 2.05) is 13.0 Å². The monoisotopic (exact) mass is 274 g/mol. The molecular weight excluding hydrogens is 244 g/mol. The lowest BCUT2D eigenvalue weighted by atomic mass is 9.78. The number of aryl methyl sites for hydroxylation is 1. The lowest BCUT2D eigenvalue weighted by molar-refractivity contribution is 0.338. The highest BCUT2D eigenvalue weighted by atomic mass is 16.5. The predicted molar refractivity (Wildman–Crippen MR) is 88.9 cm³/mol. The van der Waals surface area contributed by atoms with Gasteiger partial charge >= 0.3 is 0 Å². The maximum Gasteiger partial charge on any atom is 0.127 e. The molecule has 0 radical (unpaired) electrons. The molecule has 0 saturated carbocycles. The van der Waals surface area contributed by atoms with Crippen LogP contribution in [0.5, 0.6) is 5.75 Å². The Bertz CT molecular complexity index is 446. The van der Waals surface area contributed by atoms with E-state index in [4.69, 9.17) is 4.74 Å². The summed E-state index contributed by atoms with van der Waals surface area (Å²) in [6.07, 6.45) is 4.08. The van der Waals surface area contributed by atoms with Crippen LogP contribution >= 0.6 is 0 Å². The van der Waals surface area contributed by atoms with Gasteiger partial charge < -0.3 is 4.74 Å². The first-order valence-electron chi connectivity index (χ1n) is 7.47. The second-order valence-electron chi connectivity index (χ2n) is 7.57. The molecule has 0 heterocycles. The molecule has 0 saturated heterocycles. The molecule has 0 aliphatic heterocycles. The summed E-state index contributed by atoms with van der Waals surface area (Å²) < 4.78 is 6.13. The largest absolute Gasteiger partial charge is 0.489 e. The minimum Gasteiger partial charge on any atom is -0.489 e. The molecule has 112 valence electrons. The predicted octanol–water partition coefficient (Wildman–Crippen LogP) is 5.54. The van der Waals surface area contributed by atoms with Crippen molar-refractivity contribution >= 4 is 0 Å². The number of ether oxygens (including phenoxy) is 1. The van der Waals surface area contributed by atoms with Gasteiger partial charge in [-0.3, -0.25) is 0 Å². The molecule has 1 aromatic rings. The van der Waals surface area contributed by atoms with E-state index >= 15 is 0 Å². The highest BCUT2D eigenvalue weighted by Gasteiger charge is 2.27. The van der Waals surface area contributed by atoms with Crippen LogP contribution in [0, 0.1) is 6.92 Å². The standard InChI is InChI=1S/C19H30O/c1-9-10-11-20-17-15(18(3,4)5)12-14(2)13-16(17)19(6,7)8/h9-10,12-13H,11H2,1-8H3. The molecule has 0 bridgehead atoms. The summed E-state index contributed by atoms with van der Waals surface area (Å²) in [4.78, 5) is 0. The number of hydrogen-bond acceptors (Lipinski definition) is 1. The second kappa shape index (κ2) is 6.03. The van der Waals surface area contributed by atoms with Gasteiger partial charge in [-0.2, -0.15) is 0 Å². The maximum absolute atomic E-state index is 6.13. The Hall–Kier alpha value is -1.24. The van der Waals surface area contributed by atoms with Crippen molar-refractivity contribution in [3.8, 4) is 5.75 Å². The molecule has 0 aliphatic carbocycles. The maximum atomic E-state index is 6.13. The molecule has 1 nitrogen and oxygen atoms in total. The van der Waals surface area contributed by atoms with Crippen LogP contribution in [0.3, 0.4) is 0 Å². The smallest absolute Gasteiger partial charge is 0.127 e. The van der Waals surface area contributed by atoms with E-state index in [0.29, 0.717) is 6.61 Å². The molecule has 1 heteroatoms. The summed E-state index contributed by atoms with van der Waals surface area (Å²) in [6, 6.07) is 4.53. The molecule has 1 aromatic carbocycles. The van der Waals surface area contributed by atoms with Crippen molar-refractivity contribution in [1.82, 2.24) is 0 Å². The van der Waals surface area contributed by atoms with Crippen molar-refractivity contribution in [1.29, 1.82) is 0 Å². The minimum absolute atomic E-state index is 0.0806. The molecule has 20 heavy (non-hydrogen) atoms. The molecule has 0 atom stereocenters. The Kier molecular flexibility index (Phi) is 5.07. The van der Waals surface area contributed by atoms with Crippen LogP contribution in [0.1, 0.15) is 65.2 Å². The summed E-state index contributed by atoms with van der Waals surface area (Å²) in [5.41, 5.74) is 4.06. The highest BCUT2D eigenvalue weighted by molar-refractivity contribution is 5.50. The Labute approximate surface area is 125 Å². The number of rotatable bonds is 3. The Balaban J connectivity index is 3.46. The molecule has 0 aromatic heterocycles. The van der Waals surface area contributed by atoms with Gasteiger partial charge in [0, 0.05) is 11.1 Å². The van der Waals surface area contributed by atoms with Gasteiger partial charge in [0.05, 0.1) is 0 Å². The summed E-state index contributed by atoms with van der Waals surface area (Å²) in [5.74, 6) is 1.06. The van der Waals surface area contributed by atoms with Gasteiger partial charge in [-0.1, -0.05) is 71.4 Å². The Morgan fingerprint density at radius 1 is 0.950 bits per heavy atom. The zero-order valence-electron chi connectivity index (χ0n) is 14.4. The summed E-state index contributed by atoms with van der Waals surface area (Å²) >= 11 is 0. The highest BCUT2D eigenvalue weighted by Crippen LogP contribution is 2.40. The first kappa shape index (κ1) is 16.8. The zero-order chi connectivity index (χ0) is 15.6. The lowest BCUT2D eigenvalue weighted by Crippen LogP contribution is -2.20. The summed E-state index contributed by atoms with van der Waals surface area (Å²) in [5, 5.41) is 0. The van der Waals surface area contributed by atoms with E-state index in [1.165, 1.54) is 16.7 Å². The van der Waals surface area contributed by atoms with Crippen LogP contribution in [0.15, 0.2) is 24.3 Å². The van der Waals surface area contributed by atoms with Crippen LogP contribution < -0.4 is 4.74 Å². The van der Waals surface area contributed by atoms with E-state index in [9.17, 15) is 0 Å². The van der Waals surface area contributed by atoms with Crippen LogP contribution in [-0.2, 0) is 10.8 Å². The molecule has 0 aliphatic rings. The Morgan fingerprint density at radius 3 is 1.75 bits per heavy atom. The van der Waals surface area contributed by atoms with Crippen molar-refractivity contribution < 1.29 is 4.74 Å². The summed E-state index contributed by atoms with van der Waals surface area (Å²) in [6.45, 7) is 18.3. The van der Waals surface area contributed by atoms with Crippen LogP contribution in [-0.4, -0.2) is 6.61 Å². The third-order valence-electron chi connectivity index (χ3n) is 3.41. The van der Waals surface area contributed by atoms with Crippen molar-refractivity contribution in [3.63, 3.8) is 0 Å². The van der Waals surface area contributed by atoms with Crippen molar-refractivity contribution in [3.05, 3.63) is 41.0 Å². The normalized spacial score (nSPS) is 13.0. The Morgan fingerprint density at radius 2 is 1.40 bits per heavy atom. The fourth-order valence-electron chi connectivity index (χ4n) is 2.27. The van der Waals surface area contributed by atoms with Crippen LogP contribution in [0.2, 0.25) is 0 Å². The minimum atomic E-state index is 0.0806. The average Bonchev–Trinajstić information content (AvgIpc) is 2.28. The van der Waals surface area contributed by atoms with Crippen molar-refractivity contribution in [2.75, 3.05) is 6.61 Å². The van der Waals surface area contributed by atoms with Gasteiger partial charge in [0.15, 0.2) is 0 Å². The molecule has 0 unspecified atom stereocenters. The number of allylic oxidation sites excluding steroid dienone is 1. The molecule has 0 N–H and O–H groups in total. The van der Waals surface area contributed by atoms with E-state index in [2.05, 4.69) is 66.7 Å². The quantitative estimate of drug-likeness (QED) is 0.657. The van der Waals surface area contributed by atoms with Crippen LogP contribution in [0.25, 0.3) is 0 Å². The topological polar surface area (TPSA) is 9.23 Å². The lowest BCUT2D eigenvalue weighted by Gasteiger charge is -2.30. The zero-order valence-corrected chi connectivity index (χ0v) is 14.4. The fraction of sp³-hybridized carbons (Fsp3) is 0.579. The van der Waals surface area contributed by atoms with Gasteiger partial charge in [0.1, 0.15) is 12.4 Å². The number of hydrogen-bond donors (Lipinski definition) is 0. The summed E-state index contributed by atoms with van der Waals surface area (Å²) in [7, 11) is 0. The van der Waals surface area contributed by atoms with E-state index < -0.39 is 0 Å². The molecule has 0 amide bonds. The van der Waals surface area contributed by atoms with E-state index in [1.54, 1.807) is 0 Å². The SMILES string of the molecule is CC=CCOc1c(C(C)(C)C)cc(C)cc1C(C)(C)C. The van der Waals surface area contributed by atoms with Crippen molar-refractivity contribution in [2.24, 2.45) is 0 Å². The third kappa shape index (κ3) is 4.13. The van der Waals surface area contributed by atoms with E-state index in [-0.39, 0.29) is 10.8 Å². The fourth-order valence-corrected chi connectivity index (χ4v) is 2.27. The molecule has 0 fully saturated rings. The van der Waals surface area contributed by atoms with E-state index in [0.717, 1.165) is 5.75 Å². The van der Waals surface area contributed by atoms with Gasteiger partial charge in [-0.15, -0.1) is 0 Å². The van der Waals surface area contributed by atoms with Crippen molar-refractivity contribution in [2.45, 2.75) is 66.2 Å². The first-order chi connectivity index (χ1) is 9.07. The van der Waals surface area contributed by atoms with Gasteiger partial charge in [0.25, 0.3) is 0 Å². The molecule has 1 rings (SSSR count). The second-order valence-corrected chi connectivity index (χ2v) is 7.57. The average molecular weight is 274 g/mol.